The van der Waals surface area contributed by atoms with Crippen molar-refractivity contribution >= 4 is 5.94 Å². The predicted octanol–water partition coefficient (Wildman–Crippen LogP) is 4.62. The van der Waals surface area contributed by atoms with Crippen LogP contribution in [0, 0.1) is 46.3 Å². The molecule has 4 aliphatic rings. The second-order valence-corrected chi connectivity index (χ2v) is 11.6. The first-order chi connectivity index (χ1) is 15.2. The van der Waals surface area contributed by atoms with Crippen molar-refractivity contribution < 1.29 is 14.3 Å². The van der Waals surface area contributed by atoms with Gasteiger partial charge in [-0.3, -0.25) is 4.68 Å². The van der Waals surface area contributed by atoms with Gasteiger partial charge in [-0.25, -0.2) is 9.18 Å². The molecule has 1 heterocycles. The summed E-state index contributed by atoms with van der Waals surface area (Å²) in [4.78, 5) is 12.0. The number of nitrogens with zero attached hydrogens (tertiary/aromatic N) is 3. The van der Waals surface area contributed by atoms with Gasteiger partial charge in [0.2, 0.25) is 0 Å². The minimum Gasteiger partial charge on any atom is -0.390 e. The van der Waals surface area contributed by atoms with E-state index >= 15 is 4.39 Å². The summed E-state index contributed by atoms with van der Waals surface area (Å²) in [7, 11) is 0. The average molecular weight is 440 g/mol. The molecule has 4 fully saturated rings. The molecule has 0 aromatic carbocycles. The smallest absolute Gasteiger partial charge is 0.125 e. The Morgan fingerprint density at radius 2 is 2.03 bits per heavy atom. The highest BCUT2D eigenvalue weighted by Crippen LogP contribution is 2.67. The lowest BCUT2D eigenvalue weighted by Crippen LogP contribution is -2.58. The largest absolute Gasteiger partial charge is 0.390 e. The zero-order valence-corrected chi connectivity index (χ0v) is 19.2. The Morgan fingerprint density at radius 3 is 2.75 bits per heavy atom. The standard InChI is InChI=1S/C26H34FN3O2/c1-24(32)9-10-26(27)19(11-24)3-4-20-22-6-5-21(25(22,2)8-7-23(20)26)18(16-31)15-30-14-17(12-28)13-29-30/h13-14,19-23,32H,3-11,15H2,1-2H3/t19-,20+,21-,22+,23+,24-,25-,26-/m1/s1. The molecule has 0 bridgehead atoms. The van der Waals surface area contributed by atoms with Crippen molar-refractivity contribution in [1.82, 2.24) is 9.78 Å². The van der Waals surface area contributed by atoms with Crippen LogP contribution >= 0.6 is 0 Å². The zero-order valence-electron chi connectivity index (χ0n) is 19.2. The summed E-state index contributed by atoms with van der Waals surface area (Å²) in [6, 6.07) is 2.08. The number of aliphatic hydroxyl groups is 1. The van der Waals surface area contributed by atoms with Crippen molar-refractivity contribution in [2.75, 3.05) is 0 Å². The number of hydrogen-bond acceptors (Lipinski definition) is 4. The molecule has 0 saturated heterocycles. The maximum atomic E-state index is 16.5. The molecule has 0 spiro atoms. The highest BCUT2D eigenvalue weighted by Gasteiger charge is 2.63. The summed E-state index contributed by atoms with van der Waals surface area (Å²) >= 11 is 0. The first-order valence-corrected chi connectivity index (χ1v) is 12.3. The van der Waals surface area contributed by atoms with Gasteiger partial charge in [-0.15, -0.1) is 0 Å². The third kappa shape index (κ3) is 3.28. The summed E-state index contributed by atoms with van der Waals surface area (Å²) in [5.74, 6) is 3.23. The van der Waals surface area contributed by atoms with Gasteiger partial charge in [0.15, 0.2) is 0 Å². The van der Waals surface area contributed by atoms with E-state index < -0.39 is 11.3 Å². The molecule has 4 aliphatic carbocycles. The number of nitriles is 1. The van der Waals surface area contributed by atoms with E-state index in [1.807, 2.05) is 6.92 Å². The molecule has 5 rings (SSSR count). The molecule has 5 nitrogen and oxygen atoms in total. The Bertz CT molecular complexity index is 989. The molecule has 0 radical (unpaired) electrons. The van der Waals surface area contributed by atoms with Crippen LogP contribution in [-0.2, 0) is 11.3 Å². The lowest BCUT2D eigenvalue weighted by atomic mass is 9.47. The van der Waals surface area contributed by atoms with Crippen molar-refractivity contribution in [3.63, 3.8) is 0 Å². The number of alkyl halides is 1. The second kappa shape index (κ2) is 7.54. The van der Waals surface area contributed by atoms with Crippen molar-refractivity contribution in [3.8, 4) is 6.07 Å². The number of rotatable bonds is 3. The topological polar surface area (TPSA) is 78.9 Å². The first-order valence-electron chi connectivity index (χ1n) is 12.3. The van der Waals surface area contributed by atoms with E-state index in [1.165, 1.54) is 6.20 Å². The van der Waals surface area contributed by atoms with Crippen molar-refractivity contribution in [2.24, 2.45) is 35.0 Å². The van der Waals surface area contributed by atoms with E-state index in [2.05, 4.69) is 24.0 Å². The minimum atomic E-state index is -1.14. The lowest BCUT2D eigenvalue weighted by Gasteiger charge is -2.59. The van der Waals surface area contributed by atoms with Crippen LogP contribution in [0.1, 0.15) is 77.2 Å². The van der Waals surface area contributed by atoms with Crippen LogP contribution in [0.3, 0.4) is 0 Å². The van der Waals surface area contributed by atoms with E-state index in [9.17, 15) is 9.90 Å². The quantitative estimate of drug-likeness (QED) is 0.697. The number of aromatic nitrogens is 2. The van der Waals surface area contributed by atoms with Crippen LogP contribution in [0.25, 0.3) is 0 Å². The second-order valence-electron chi connectivity index (χ2n) is 11.6. The Morgan fingerprint density at radius 1 is 1.22 bits per heavy atom. The van der Waals surface area contributed by atoms with Crippen LogP contribution in [0.5, 0.6) is 0 Å². The van der Waals surface area contributed by atoms with E-state index in [0.29, 0.717) is 43.2 Å². The van der Waals surface area contributed by atoms with Crippen molar-refractivity contribution in [3.05, 3.63) is 23.5 Å². The van der Waals surface area contributed by atoms with Gasteiger partial charge in [0.1, 0.15) is 17.7 Å². The molecular weight excluding hydrogens is 405 g/mol. The van der Waals surface area contributed by atoms with Gasteiger partial charge in [-0.2, -0.15) is 10.4 Å². The number of allylic oxidation sites excluding steroid dienone is 1. The Hall–Kier alpha value is -1.96. The van der Waals surface area contributed by atoms with Gasteiger partial charge in [0.05, 0.1) is 23.9 Å². The van der Waals surface area contributed by atoms with Gasteiger partial charge in [0.25, 0.3) is 0 Å². The van der Waals surface area contributed by atoms with Gasteiger partial charge in [-0.1, -0.05) is 6.92 Å². The first kappa shape index (κ1) is 21.9. The predicted molar refractivity (Wildman–Crippen MR) is 118 cm³/mol. The molecule has 1 N–H and O–H groups in total. The Balaban J connectivity index is 1.37. The van der Waals surface area contributed by atoms with Gasteiger partial charge < -0.3 is 5.11 Å². The van der Waals surface area contributed by atoms with Crippen LogP contribution in [0.4, 0.5) is 4.39 Å². The van der Waals surface area contributed by atoms with Crippen molar-refractivity contribution in [2.45, 2.75) is 89.4 Å². The Labute approximate surface area is 189 Å². The Kier molecular flexibility index (Phi) is 5.15. The highest BCUT2D eigenvalue weighted by atomic mass is 19.1. The number of hydrogen-bond donors (Lipinski definition) is 1. The lowest BCUT2D eigenvalue weighted by molar-refractivity contribution is -0.163. The maximum Gasteiger partial charge on any atom is 0.125 e. The molecule has 6 heteroatoms. The maximum absolute atomic E-state index is 16.5. The molecular formula is C26H34FN3O2. The molecule has 0 aliphatic heterocycles. The summed E-state index contributed by atoms with van der Waals surface area (Å²) in [6.07, 6.45) is 10.5. The summed E-state index contributed by atoms with van der Waals surface area (Å²) in [5.41, 5.74) is -0.656. The number of fused-ring (bicyclic) bond motifs is 5. The van der Waals surface area contributed by atoms with Crippen LogP contribution in [0.15, 0.2) is 18.0 Å². The molecule has 172 valence electrons. The monoisotopic (exact) mass is 439 g/mol. The van der Waals surface area contributed by atoms with Crippen LogP contribution in [0.2, 0.25) is 0 Å². The number of halogens is 1. The molecule has 1 aromatic heterocycles. The van der Waals surface area contributed by atoms with Gasteiger partial charge in [-0.05, 0) is 99.7 Å². The molecule has 0 amide bonds. The van der Waals surface area contributed by atoms with E-state index in [0.717, 1.165) is 44.1 Å². The van der Waals surface area contributed by atoms with E-state index in [1.54, 1.807) is 10.9 Å². The van der Waals surface area contributed by atoms with Crippen molar-refractivity contribution in [1.29, 1.82) is 5.26 Å². The zero-order chi connectivity index (χ0) is 22.7. The van der Waals surface area contributed by atoms with Crippen LogP contribution < -0.4 is 0 Å². The van der Waals surface area contributed by atoms with E-state index in [4.69, 9.17) is 5.26 Å². The summed E-state index contributed by atoms with van der Waals surface area (Å²) in [6.45, 7) is 4.55. The summed E-state index contributed by atoms with van der Waals surface area (Å²) in [5, 5.41) is 23.8. The third-order valence-electron chi connectivity index (χ3n) is 9.96. The van der Waals surface area contributed by atoms with Gasteiger partial charge in [0, 0.05) is 11.8 Å². The fraction of sp³-hybridized carbons (Fsp3) is 0.769. The fourth-order valence-corrected chi connectivity index (χ4v) is 8.45. The van der Waals surface area contributed by atoms with E-state index in [-0.39, 0.29) is 23.2 Å². The third-order valence-corrected chi connectivity index (χ3v) is 9.96. The minimum absolute atomic E-state index is 0.0114. The average Bonchev–Trinajstić information content (AvgIpc) is 3.36. The normalized spacial score (nSPS) is 45.2. The molecule has 8 atom stereocenters. The number of carbonyl (C=O) groups excluding carboxylic acids is 1. The fourth-order valence-electron chi connectivity index (χ4n) is 8.45. The molecule has 0 unspecified atom stereocenters. The van der Waals surface area contributed by atoms with Crippen LogP contribution in [-0.4, -0.2) is 32.1 Å². The summed E-state index contributed by atoms with van der Waals surface area (Å²) < 4.78 is 18.2. The van der Waals surface area contributed by atoms with Gasteiger partial charge >= 0.3 is 0 Å². The highest BCUT2D eigenvalue weighted by molar-refractivity contribution is 5.54. The molecule has 4 saturated carbocycles. The SMILES string of the molecule is C[C@@]1(O)CC[C@@]2(F)[C@H](CC[C@H]3[C@@H]4CC[C@H](C(=C=O)Cn5cc(C#N)cn5)[C@@]4(C)CC[C@@H]32)C1. The molecule has 32 heavy (non-hydrogen) atoms. The molecule has 1 aromatic rings.